The van der Waals surface area contributed by atoms with Gasteiger partial charge in [0.05, 0.1) is 0 Å². The molecule has 0 heterocycles. The maximum atomic E-state index is 8.89. The molecule has 0 aliphatic heterocycles. The maximum Gasteiger partial charge on any atom is 2.00 e. The number of rotatable bonds is 0. The van der Waals surface area contributed by atoms with Gasteiger partial charge < -0.3 is 29.7 Å². The van der Waals surface area contributed by atoms with E-state index in [1.54, 1.807) is 0 Å². The normalized spacial score (nSPS) is 5.77. The molecule has 0 radical (unpaired) electrons. The SMILES string of the molecule is CC(=O)[O-].CC(=O)[O-].CC(=O)[O-].[Ru+2]. The van der Waals surface area contributed by atoms with Gasteiger partial charge >= 0.3 is 19.5 Å². The molecule has 13 heavy (non-hydrogen) atoms. The fourth-order valence-electron chi connectivity index (χ4n) is 0. The first-order valence-corrected chi connectivity index (χ1v) is 2.72. The molecule has 0 amide bonds. The number of hydrogen-bond acceptors (Lipinski definition) is 6. The predicted molar refractivity (Wildman–Crippen MR) is 32.0 cm³/mol. The van der Waals surface area contributed by atoms with Crippen molar-refractivity contribution < 1.29 is 49.2 Å². The second kappa shape index (κ2) is 17.2. The average Bonchev–Trinajstić information content (AvgIpc) is 1.54. The predicted octanol–water partition coefficient (Wildman–Crippen LogP) is -3.73. The maximum absolute atomic E-state index is 8.89. The van der Waals surface area contributed by atoms with Gasteiger partial charge in [0, 0.05) is 17.9 Å². The van der Waals surface area contributed by atoms with Crippen molar-refractivity contribution in [2.75, 3.05) is 0 Å². The van der Waals surface area contributed by atoms with Gasteiger partial charge in [-0.05, 0) is 20.8 Å². The second-order valence-corrected chi connectivity index (χ2v) is 1.47. The van der Waals surface area contributed by atoms with E-state index in [4.69, 9.17) is 29.7 Å². The summed E-state index contributed by atoms with van der Waals surface area (Å²) in [4.78, 5) is 26.7. The van der Waals surface area contributed by atoms with Crippen LogP contribution in [0.4, 0.5) is 0 Å². The van der Waals surface area contributed by atoms with Gasteiger partial charge in [0.25, 0.3) is 0 Å². The van der Waals surface area contributed by atoms with E-state index in [0.717, 1.165) is 20.8 Å². The monoisotopic (exact) mass is 279 g/mol. The van der Waals surface area contributed by atoms with Crippen LogP contribution in [0.5, 0.6) is 0 Å². The quantitative estimate of drug-likeness (QED) is 0.420. The summed E-state index contributed by atoms with van der Waals surface area (Å²) < 4.78 is 0. The Hall–Kier alpha value is -0.967. The number of carbonyl (C=O) groups is 3. The van der Waals surface area contributed by atoms with Crippen LogP contribution < -0.4 is 15.3 Å². The van der Waals surface area contributed by atoms with Crippen LogP contribution in [0.25, 0.3) is 0 Å². The third kappa shape index (κ3) is 964. The molecular formula is C6H9O6Ru-. The molecule has 0 aromatic carbocycles. The van der Waals surface area contributed by atoms with Crippen molar-refractivity contribution in [1.29, 1.82) is 0 Å². The van der Waals surface area contributed by atoms with Crippen molar-refractivity contribution in [3.63, 3.8) is 0 Å². The van der Waals surface area contributed by atoms with Crippen molar-refractivity contribution in [3.8, 4) is 0 Å². The van der Waals surface area contributed by atoms with Crippen LogP contribution in [-0.4, -0.2) is 17.9 Å². The zero-order valence-electron chi connectivity index (χ0n) is 7.30. The van der Waals surface area contributed by atoms with Gasteiger partial charge in [0.2, 0.25) is 0 Å². The van der Waals surface area contributed by atoms with Gasteiger partial charge in [-0.3, -0.25) is 0 Å². The standard InChI is InChI=1S/3C2H4O2.Ru/c3*1-2(3)4;/h3*1H3,(H,3,4);/q;;;+2/p-3. The zero-order valence-corrected chi connectivity index (χ0v) is 9.04. The third-order valence-corrected chi connectivity index (χ3v) is 0. The number of carbonyl (C=O) groups excluding carboxylic acids is 3. The summed E-state index contributed by atoms with van der Waals surface area (Å²) in [5.74, 6) is -3.25. The molecule has 0 saturated carbocycles. The molecular weight excluding hydrogens is 269 g/mol. The minimum Gasteiger partial charge on any atom is -0.550 e. The third-order valence-electron chi connectivity index (χ3n) is 0. The van der Waals surface area contributed by atoms with E-state index < -0.39 is 17.9 Å². The van der Waals surface area contributed by atoms with Crippen molar-refractivity contribution in [3.05, 3.63) is 0 Å². The van der Waals surface area contributed by atoms with E-state index in [2.05, 4.69) is 0 Å². The van der Waals surface area contributed by atoms with E-state index in [9.17, 15) is 0 Å². The summed E-state index contributed by atoms with van der Waals surface area (Å²) in [6.45, 7) is 2.92. The minimum atomic E-state index is -1.08. The molecule has 6 nitrogen and oxygen atoms in total. The molecule has 0 unspecified atom stereocenters. The van der Waals surface area contributed by atoms with Gasteiger partial charge in [-0.1, -0.05) is 0 Å². The molecule has 0 bridgehead atoms. The first kappa shape index (κ1) is 22.7. The summed E-state index contributed by atoms with van der Waals surface area (Å²) in [7, 11) is 0. The topological polar surface area (TPSA) is 120 Å². The molecule has 0 saturated heterocycles. The van der Waals surface area contributed by atoms with Gasteiger partial charge in [-0.25, -0.2) is 0 Å². The van der Waals surface area contributed by atoms with Crippen molar-refractivity contribution in [2.24, 2.45) is 0 Å². The average molecular weight is 278 g/mol. The van der Waals surface area contributed by atoms with Gasteiger partial charge in [0.15, 0.2) is 0 Å². The Balaban J connectivity index is -0.0000000450. The first-order chi connectivity index (χ1) is 5.20. The van der Waals surface area contributed by atoms with Crippen LogP contribution in [-0.2, 0) is 33.9 Å². The number of aliphatic carboxylic acids is 3. The summed E-state index contributed by atoms with van der Waals surface area (Å²) >= 11 is 0. The van der Waals surface area contributed by atoms with Crippen LogP contribution in [0.15, 0.2) is 0 Å². The molecule has 0 rings (SSSR count). The van der Waals surface area contributed by atoms with Crippen molar-refractivity contribution >= 4 is 17.9 Å². The van der Waals surface area contributed by atoms with E-state index in [-0.39, 0.29) is 19.5 Å². The molecule has 0 aromatic rings. The van der Waals surface area contributed by atoms with Gasteiger partial charge in [-0.2, -0.15) is 0 Å². The Morgan fingerprint density at radius 1 is 0.692 bits per heavy atom. The molecule has 78 valence electrons. The fourth-order valence-corrected chi connectivity index (χ4v) is 0. The molecule has 0 fully saturated rings. The molecule has 0 N–H and O–H groups in total. The minimum absolute atomic E-state index is 0. The number of carboxylic acid groups (broad SMARTS) is 3. The zero-order chi connectivity index (χ0) is 10.7. The van der Waals surface area contributed by atoms with E-state index >= 15 is 0 Å². The Labute approximate surface area is 88.3 Å². The van der Waals surface area contributed by atoms with E-state index in [1.165, 1.54) is 0 Å². The summed E-state index contributed by atoms with van der Waals surface area (Å²) in [5, 5.41) is 26.7. The fraction of sp³-hybridized carbons (Fsp3) is 0.500. The Morgan fingerprint density at radius 2 is 0.692 bits per heavy atom. The Morgan fingerprint density at radius 3 is 0.692 bits per heavy atom. The van der Waals surface area contributed by atoms with Crippen LogP contribution in [0.1, 0.15) is 20.8 Å². The van der Waals surface area contributed by atoms with Crippen LogP contribution >= 0.6 is 0 Å². The molecule has 0 aliphatic rings. The Bertz CT molecular complexity index is 115. The van der Waals surface area contributed by atoms with Crippen LogP contribution in [0.2, 0.25) is 0 Å². The largest absolute Gasteiger partial charge is 2.00 e. The van der Waals surface area contributed by atoms with Crippen LogP contribution in [0.3, 0.4) is 0 Å². The van der Waals surface area contributed by atoms with E-state index in [1.807, 2.05) is 0 Å². The molecule has 7 heteroatoms. The van der Waals surface area contributed by atoms with Crippen LogP contribution in [0, 0.1) is 0 Å². The number of carboxylic acids is 3. The number of hydrogen-bond donors (Lipinski definition) is 0. The summed E-state index contributed by atoms with van der Waals surface area (Å²) in [5.41, 5.74) is 0. The first-order valence-electron chi connectivity index (χ1n) is 2.72. The molecule has 0 aliphatic carbocycles. The van der Waals surface area contributed by atoms with Gasteiger partial charge in [-0.15, -0.1) is 0 Å². The second-order valence-electron chi connectivity index (χ2n) is 1.47. The molecule has 0 atom stereocenters. The summed E-state index contributed by atoms with van der Waals surface area (Å²) in [6.07, 6.45) is 0. The van der Waals surface area contributed by atoms with Gasteiger partial charge in [0.1, 0.15) is 0 Å². The smallest absolute Gasteiger partial charge is 0.550 e. The van der Waals surface area contributed by atoms with Crippen molar-refractivity contribution in [2.45, 2.75) is 20.8 Å². The van der Waals surface area contributed by atoms with E-state index in [0.29, 0.717) is 0 Å². The summed E-state index contributed by atoms with van der Waals surface area (Å²) in [6, 6.07) is 0. The Kier molecular flexibility index (Phi) is 30.1. The molecule has 0 aromatic heterocycles. The molecule has 0 spiro atoms. The van der Waals surface area contributed by atoms with Crippen molar-refractivity contribution in [1.82, 2.24) is 0 Å².